The molecule has 0 saturated carbocycles. The first kappa shape index (κ1) is 17.6. The number of nitrogens with zero attached hydrogens (tertiary/aromatic N) is 2. The van der Waals surface area contributed by atoms with Crippen molar-refractivity contribution in [3.63, 3.8) is 0 Å². The first-order valence-electron chi connectivity index (χ1n) is 7.32. The molecule has 3 rings (SSSR count). The maximum absolute atomic E-state index is 12.9. The van der Waals surface area contributed by atoms with Crippen molar-refractivity contribution in [2.24, 2.45) is 0 Å². The molecule has 10 heteroatoms. The number of anilines is 2. The molecule has 1 aromatic heterocycles. The van der Waals surface area contributed by atoms with Crippen LogP contribution in [0.15, 0.2) is 28.8 Å². The molecule has 0 atom stereocenters. The number of halogens is 4. The number of aromatic nitrogens is 1. The van der Waals surface area contributed by atoms with Crippen molar-refractivity contribution in [1.29, 1.82) is 0 Å². The standard InChI is InChI=1S/C15H13ClF3N3O3/c16-11-2-1-9(7-10(11)15(17,18)19)20-14(23)12-8-13(25-21-12)22-3-5-24-6-4-22/h1-2,7-8H,3-6H2,(H,20,23). The van der Waals surface area contributed by atoms with Crippen LogP contribution in [0.4, 0.5) is 24.7 Å². The molecule has 0 radical (unpaired) electrons. The Bertz CT molecular complexity index is 773. The van der Waals surface area contributed by atoms with Crippen molar-refractivity contribution in [3.05, 3.63) is 40.5 Å². The highest BCUT2D eigenvalue weighted by atomic mass is 35.5. The number of rotatable bonds is 3. The number of benzene rings is 1. The van der Waals surface area contributed by atoms with Gasteiger partial charge in [0.15, 0.2) is 5.69 Å². The minimum Gasteiger partial charge on any atom is -0.378 e. The molecule has 134 valence electrons. The molecule has 1 fully saturated rings. The number of ether oxygens (including phenoxy) is 1. The maximum Gasteiger partial charge on any atom is 0.417 e. The lowest BCUT2D eigenvalue weighted by atomic mass is 10.2. The summed E-state index contributed by atoms with van der Waals surface area (Å²) in [6, 6.07) is 4.55. The molecule has 1 N–H and O–H groups in total. The first-order valence-corrected chi connectivity index (χ1v) is 7.70. The largest absolute Gasteiger partial charge is 0.417 e. The van der Waals surface area contributed by atoms with Crippen molar-refractivity contribution < 1.29 is 27.2 Å². The zero-order valence-corrected chi connectivity index (χ0v) is 13.5. The number of alkyl halides is 3. The molecule has 0 aliphatic carbocycles. The summed E-state index contributed by atoms with van der Waals surface area (Å²) >= 11 is 5.55. The molecule has 6 nitrogen and oxygen atoms in total. The van der Waals surface area contributed by atoms with E-state index in [9.17, 15) is 18.0 Å². The van der Waals surface area contributed by atoms with Crippen LogP contribution in [0, 0.1) is 0 Å². The van der Waals surface area contributed by atoms with Gasteiger partial charge in [-0.25, -0.2) is 0 Å². The minimum atomic E-state index is -4.62. The lowest BCUT2D eigenvalue weighted by Gasteiger charge is -2.25. The predicted molar refractivity (Wildman–Crippen MR) is 83.9 cm³/mol. The van der Waals surface area contributed by atoms with Gasteiger partial charge in [0, 0.05) is 24.8 Å². The fraction of sp³-hybridized carbons (Fsp3) is 0.333. The quantitative estimate of drug-likeness (QED) is 0.890. The van der Waals surface area contributed by atoms with Crippen molar-refractivity contribution in [2.45, 2.75) is 6.18 Å². The summed E-state index contributed by atoms with van der Waals surface area (Å²) in [4.78, 5) is 14.0. The van der Waals surface area contributed by atoms with Crippen molar-refractivity contribution in [2.75, 3.05) is 36.5 Å². The lowest BCUT2D eigenvalue weighted by molar-refractivity contribution is -0.137. The molecular formula is C15H13ClF3N3O3. The predicted octanol–water partition coefficient (Wildman–Crippen LogP) is 3.44. The Labute approximate surface area is 145 Å². The Morgan fingerprint density at radius 1 is 1.24 bits per heavy atom. The number of carbonyl (C=O) groups is 1. The van der Waals surface area contributed by atoms with Crippen LogP contribution in [-0.4, -0.2) is 37.4 Å². The van der Waals surface area contributed by atoms with Crippen LogP contribution < -0.4 is 10.2 Å². The Morgan fingerprint density at radius 3 is 2.64 bits per heavy atom. The van der Waals surface area contributed by atoms with E-state index in [0.29, 0.717) is 32.2 Å². The van der Waals surface area contributed by atoms with Gasteiger partial charge in [0.25, 0.3) is 5.91 Å². The van der Waals surface area contributed by atoms with Crippen molar-refractivity contribution in [3.8, 4) is 0 Å². The van der Waals surface area contributed by atoms with Crippen LogP contribution >= 0.6 is 11.6 Å². The monoisotopic (exact) mass is 375 g/mol. The average molecular weight is 376 g/mol. The Morgan fingerprint density at radius 2 is 1.96 bits per heavy atom. The van der Waals surface area contributed by atoms with Gasteiger partial charge in [-0.3, -0.25) is 4.79 Å². The summed E-state index contributed by atoms with van der Waals surface area (Å²) in [5.74, 6) is -0.278. The summed E-state index contributed by atoms with van der Waals surface area (Å²) in [5.41, 5.74) is -1.11. The molecule has 0 unspecified atom stereocenters. The third-order valence-electron chi connectivity index (χ3n) is 3.58. The van der Waals surface area contributed by atoms with Gasteiger partial charge in [0.1, 0.15) is 0 Å². The van der Waals surface area contributed by atoms with E-state index in [4.69, 9.17) is 20.9 Å². The Balaban J connectivity index is 1.73. The molecular weight excluding hydrogens is 363 g/mol. The normalized spacial score (nSPS) is 15.3. The molecule has 25 heavy (non-hydrogen) atoms. The van der Waals surface area contributed by atoms with E-state index in [-0.39, 0.29) is 11.4 Å². The molecule has 0 bridgehead atoms. The highest BCUT2D eigenvalue weighted by Crippen LogP contribution is 2.36. The SMILES string of the molecule is O=C(Nc1ccc(Cl)c(C(F)(F)F)c1)c1cc(N2CCOCC2)on1. The summed E-state index contributed by atoms with van der Waals surface area (Å²) in [7, 11) is 0. The van der Waals surface area contributed by atoms with Gasteiger partial charge < -0.3 is 19.5 Å². The zero-order valence-electron chi connectivity index (χ0n) is 12.8. The van der Waals surface area contributed by atoms with Gasteiger partial charge in [-0.1, -0.05) is 16.8 Å². The van der Waals surface area contributed by atoms with Gasteiger partial charge in [-0.2, -0.15) is 13.2 Å². The van der Waals surface area contributed by atoms with Crippen LogP contribution in [0.5, 0.6) is 0 Å². The Hall–Kier alpha value is -2.26. The van der Waals surface area contributed by atoms with Crippen molar-refractivity contribution >= 4 is 29.1 Å². The number of hydrogen-bond donors (Lipinski definition) is 1. The number of carbonyl (C=O) groups excluding carboxylic acids is 1. The van der Waals surface area contributed by atoms with Gasteiger partial charge in [0.05, 0.1) is 23.8 Å². The highest BCUT2D eigenvalue weighted by molar-refractivity contribution is 6.31. The number of nitrogens with one attached hydrogen (secondary N) is 1. The van der Waals surface area contributed by atoms with Crippen LogP contribution in [0.1, 0.15) is 16.1 Å². The molecule has 1 amide bonds. The second-order valence-electron chi connectivity index (χ2n) is 5.30. The van der Waals surface area contributed by atoms with Gasteiger partial charge in [0.2, 0.25) is 5.88 Å². The molecule has 0 spiro atoms. The third-order valence-corrected chi connectivity index (χ3v) is 3.91. The lowest BCUT2D eigenvalue weighted by Crippen LogP contribution is -2.35. The van der Waals surface area contributed by atoms with Crippen molar-refractivity contribution in [1.82, 2.24) is 5.16 Å². The third kappa shape index (κ3) is 4.05. The maximum atomic E-state index is 12.9. The van der Waals surface area contributed by atoms with Gasteiger partial charge in [-0.05, 0) is 18.2 Å². The summed E-state index contributed by atoms with van der Waals surface area (Å²) in [6.07, 6.45) is -4.62. The number of hydrogen-bond acceptors (Lipinski definition) is 5. The summed E-state index contributed by atoms with van der Waals surface area (Å²) in [6.45, 7) is 2.27. The fourth-order valence-electron chi connectivity index (χ4n) is 2.32. The molecule has 1 aromatic carbocycles. The molecule has 1 aliphatic heterocycles. The Kier molecular flexibility index (Phi) is 4.87. The van der Waals surface area contributed by atoms with E-state index in [1.165, 1.54) is 12.1 Å². The molecule has 1 aliphatic rings. The number of morpholine rings is 1. The van der Waals surface area contributed by atoms with E-state index in [2.05, 4.69) is 10.5 Å². The zero-order chi connectivity index (χ0) is 18.0. The van der Waals surface area contributed by atoms with E-state index < -0.39 is 22.7 Å². The van der Waals surface area contributed by atoms with Gasteiger partial charge in [-0.15, -0.1) is 0 Å². The summed E-state index contributed by atoms with van der Waals surface area (Å²) in [5, 5.41) is 5.57. The van der Waals surface area contributed by atoms with Gasteiger partial charge >= 0.3 is 6.18 Å². The van der Waals surface area contributed by atoms with Crippen LogP contribution in [0.25, 0.3) is 0 Å². The molecule has 1 saturated heterocycles. The van der Waals surface area contributed by atoms with Crippen LogP contribution in [0.2, 0.25) is 5.02 Å². The minimum absolute atomic E-state index is 0.0370. The van der Waals surface area contributed by atoms with Crippen LogP contribution in [-0.2, 0) is 10.9 Å². The number of amides is 1. The first-order chi connectivity index (χ1) is 11.8. The second-order valence-corrected chi connectivity index (χ2v) is 5.70. The fourth-order valence-corrected chi connectivity index (χ4v) is 2.55. The second kappa shape index (κ2) is 6.93. The molecule has 2 aromatic rings. The molecule has 2 heterocycles. The highest BCUT2D eigenvalue weighted by Gasteiger charge is 2.33. The van der Waals surface area contributed by atoms with E-state index in [0.717, 1.165) is 12.1 Å². The topological polar surface area (TPSA) is 67.6 Å². The van der Waals surface area contributed by atoms with E-state index in [1.54, 1.807) is 0 Å². The smallest absolute Gasteiger partial charge is 0.378 e. The van der Waals surface area contributed by atoms with Crippen LogP contribution in [0.3, 0.4) is 0 Å². The average Bonchev–Trinajstić information content (AvgIpc) is 3.06. The van der Waals surface area contributed by atoms with E-state index in [1.807, 2.05) is 4.90 Å². The van der Waals surface area contributed by atoms with E-state index >= 15 is 0 Å². The summed E-state index contributed by atoms with van der Waals surface area (Å²) < 4.78 is 48.9.